The van der Waals surface area contributed by atoms with Crippen LogP contribution in [0.5, 0.6) is 0 Å². The fourth-order valence-electron chi connectivity index (χ4n) is 5.61. The van der Waals surface area contributed by atoms with E-state index < -0.39 is 6.03 Å². The van der Waals surface area contributed by atoms with Gasteiger partial charge in [0.1, 0.15) is 17.5 Å². The van der Waals surface area contributed by atoms with E-state index >= 15 is 0 Å². The second kappa shape index (κ2) is 10.7. The molecule has 2 aliphatic rings. The Labute approximate surface area is 237 Å². The summed E-state index contributed by atoms with van der Waals surface area (Å²) < 4.78 is 5.10. The minimum atomic E-state index is -0.442. The van der Waals surface area contributed by atoms with Crippen LogP contribution in [0.2, 0.25) is 0 Å². The maximum absolute atomic E-state index is 13.0. The molecule has 41 heavy (non-hydrogen) atoms. The number of carbonyl (C=O) groups excluding carboxylic acids is 2. The Morgan fingerprint density at radius 3 is 2.39 bits per heavy atom. The normalized spacial score (nSPS) is 14.4. The average molecular weight is 545 g/mol. The molecule has 3 heterocycles. The van der Waals surface area contributed by atoms with Crippen molar-refractivity contribution in [2.24, 2.45) is 0 Å². The van der Waals surface area contributed by atoms with Crippen LogP contribution in [0.25, 0.3) is 5.57 Å². The summed E-state index contributed by atoms with van der Waals surface area (Å²) in [5, 5.41) is 22.4. The van der Waals surface area contributed by atoms with Gasteiger partial charge in [-0.05, 0) is 68.2 Å². The van der Waals surface area contributed by atoms with Gasteiger partial charge in [-0.2, -0.15) is 5.26 Å². The summed E-state index contributed by atoms with van der Waals surface area (Å²) in [6.07, 6.45) is 1.58. The first kappa shape index (κ1) is 25.9. The summed E-state index contributed by atoms with van der Waals surface area (Å²) in [5.74, 6) is 0.415. The highest BCUT2D eigenvalue weighted by atomic mass is 16.5. The number of hydrogen-bond donors (Lipinski definition) is 3. The van der Waals surface area contributed by atoms with Gasteiger partial charge in [0.25, 0.3) is 5.91 Å². The quantitative estimate of drug-likeness (QED) is 0.271. The molecule has 4 aromatic rings. The van der Waals surface area contributed by atoms with Gasteiger partial charge in [0.05, 0.1) is 11.3 Å². The van der Waals surface area contributed by atoms with Crippen LogP contribution in [0.3, 0.4) is 0 Å². The Bertz CT molecular complexity index is 1730. The summed E-state index contributed by atoms with van der Waals surface area (Å²) in [7, 11) is 0. The molecule has 0 spiro atoms. The Morgan fingerprint density at radius 2 is 1.68 bits per heavy atom. The van der Waals surface area contributed by atoms with Gasteiger partial charge in [-0.1, -0.05) is 47.1 Å². The van der Waals surface area contributed by atoms with Crippen LogP contribution in [0.15, 0.2) is 76.8 Å². The Kier molecular flexibility index (Phi) is 6.73. The van der Waals surface area contributed by atoms with Gasteiger partial charge in [0.2, 0.25) is 0 Å². The Morgan fingerprint density at radius 1 is 0.976 bits per heavy atom. The number of amides is 3. The van der Waals surface area contributed by atoms with Crippen molar-refractivity contribution in [3.63, 3.8) is 0 Å². The average Bonchev–Trinajstić information content (AvgIpc) is 3.23. The lowest BCUT2D eigenvalue weighted by atomic mass is 9.86. The van der Waals surface area contributed by atoms with Crippen LogP contribution >= 0.6 is 0 Å². The van der Waals surface area contributed by atoms with Crippen LogP contribution in [-0.4, -0.2) is 30.2 Å². The third-order valence-corrected chi connectivity index (χ3v) is 7.59. The molecule has 3 N–H and O–H groups in total. The monoisotopic (exact) mass is 544 g/mol. The smallest absolute Gasteiger partial charge is 0.323 e. The molecule has 0 radical (unpaired) electrons. The van der Waals surface area contributed by atoms with E-state index in [4.69, 9.17) is 4.52 Å². The summed E-state index contributed by atoms with van der Waals surface area (Å²) in [4.78, 5) is 27.8. The topological polar surface area (TPSA) is 123 Å². The third kappa shape index (κ3) is 4.92. The molecule has 3 amide bonds. The number of piperidine rings is 1. The van der Waals surface area contributed by atoms with E-state index in [1.807, 2.05) is 48.5 Å². The largest absolute Gasteiger partial charge is 0.370 e. The van der Waals surface area contributed by atoms with E-state index in [-0.39, 0.29) is 5.91 Å². The van der Waals surface area contributed by atoms with Crippen molar-refractivity contribution < 1.29 is 14.1 Å². The highest BCUT2D eigenvalue weighted by Gasteiger charge is 2.27. The van der Waals surface area contributed by atoms with Crippen LogP contribution in [0, 0.1) is 25.2 Å². The highest BCUT2D eigenvalue weighted by Crippen LogP contribution is 2.40. The molecular weight excluding hydrogens is 516 g/mol. The summed E-state index contributed by atoms with van der Waals surface area (Å²) in [5.41, 5.74) is 8.78. The molecule has 6 rings (SSSR count). The van der Waals surface area contributed by atoms with Crippen LogP contribution in [0.1, 0.15) is 51.3 Å². The minimum Gasteiger partial charge on any atom is -0.370 e. The van der Waals surface area contributed by atoms with Gasteiger partial charge in [0.15, 0.2) is 5.76 Å². The van der Waals surface area contributed by atoms with Gasteiger partial charge >= 0.3 is 6.03 Å². The molecule has 0 saturated carbocycles. The molecule has 1 aromatic heterocycles. The predicted octanol–water partition coefficient (Wildman–Crippen LogP) is 6.48. The fourth-order valence-corrected chi connectivity index (χ4v) is 5.61. The van der Waals surface area contributed by atoms with E-state index in [0.29, 0.717) is 34.0 Å². The lowest BCUT2D eigenvalue weighted by Gasteiger charge is -2.32. The van der Waals surface area contributed by atoms with Crippen LogP contribution in [0.4, 0.5) is 27.5 Å². The molecule has 9 heteroatoms. The highest BCUT2D eigenvalue weighted by molar-refractivity contribution is 6.13. The number of rotatable bonds is 3. The van der Waals surface area contributed by atoms with Gasteiger partial charge in [-0.15, -0.1) is 0 Å². The minimum absolute atomic E-state index is 0.103. The van der Waals surface area contributed by atoms with Gasteiger partial charge < -0.3 is 25.4 Å². The van der Waals surface area contributed by atoms with Crippen molar-refractivity contribution in [1.29, 1.82) is 5.26 Å². The van der Waals surface area contributed by atoms with E-state index in [2.05, 4.69) is 38.1 Å². The maximum atomic E-state index is 13.0. The van der Waals surface area contributed by atoms with Crippen LogP contribution in [-0.2, 0) is 0 Å². The van der Waals surface area contributed by atoms with E-state index in [9.17, 15) is 14.9 Å². The molecule has 0 aliphatic carbocycles. The van der Waals surface area contributed by atoms with Gasteiger partial charge in [-0.3, -0.25) is 4.79 Å². The Hall–Kier alpha value is -5.36. The lowest BCUT2D eigenvalue weighted by Crippen LogP contribution is -2.31. The number of fused-ring (bicyclic) bond motifs is 2. The molecule has 2 aliphatic heterocycles. The van der Waals surface area contributed by atoms with Gasteiger partial charge in [-0.25, -0.2) is 4.79 Å². The zero-order valence-corrected chi connectivity index (χ0v) is 22.7. The van der Waals surface area contributed by atoms with E-state index in [0.717, 1.165) is 54.0 Å². The van der Waals surface area contributed by atoms with Crippen molar-refractivity contribution in [3.05, 3.63) is 106 Å². The Balaban J connectivity index is 1.24. The zero-order valence-electron chi connectivity index (χ0n) is 22.7. The first-order chi connectivity index (χ1) is 19.9. The predicted molar refractivity (Wildman–Crippen MR) is 158 cm³/mol. The summed E-state index contributed by atoms with van der Waals surface area (Å²) in [6, 6.07) is 22.9. The molecule has 1 saturated heterocycles. The van der Waals surface area contributed by atoms with Crippen molar-refractivity contribution in [2.75, 3.05) is 33.9 Å². The molecule has 0 bridgehead atoms. The third-order valence-electron chi connectivity index (χ3n) is 7.59. The number of carbonyl (C=O) groups is 2. The number of nitrogens with one attached hydrogen (secondary N) is 3. The van der Waals surface area contributed by atoms with Crippen LogP contribution < -0.4 is 20.9 Å². The lowest BCUT2D eigenvalue weighted by molar-refractivity contribution is 0.102. The van der Waals surface area contributed by atoms with E-state index in [1.165, 1.54) is 5.57 Å². The second-order valence-corrected chi connectivity index (χ2v) is 10.1. The summed E-state index contributed by atoms with van der Waals surface area (Å²) >= 11 is 0. The number of anilines is 4. The fraction of sp³-hybridized carbons (Fsp3) is 0.188. The number of nitrogens with zero attached hydrogens (tertiary/aromatic N) is 3. The molecule has 204 valence electrons. The standard InChI is InChI=1S/C32H28N6O3/c1-19-30(20(2)41-37-19)36-32(40)34-23-11-12-28(22(17-23)18-33)38-15-13-21(14-16-38)29-24-7-3-4-8-25(24)31(39)35-27-10-6-5-9-26(27)29/h3-12,17H,13-16H2,1-2H3,(H,35,39)(H2,34,36,40). The number of aryl methyl sites for hydroxylation is 2. The molecule has 0 atom stereocenters. The van der Waals surface area contributed by atoms with Crippen molar-refractivity contribution in [3.8, 4) is 6.07 Å². The van der Waals surface area contributed by atoms with E-state index in [1.54, 1.807) is 26.0 Å². The molecule has 0 unspecified atom stereocenters. The number of urea groups is 1. The number of benzene rings is 3. The summed E-state index contributed by atoms with van der Waals surface area (Å²) in [6.45, 7) is 4.91. The number of hydrogen-bond acceptors (Lipinski definition) is 6. The molecular formula is C32H28N6O3. The second-order valence-electron chi connectivity index (χ2n) is 10.1. The maximum Gasteiger partial charge on any atom is 0.323 e. The number of aromatic nitrogens is 1. The number of para-hydroxylation sites is 1. The van der Waals surface area contributed by atoms with Crippen molar-refractivity contribution in [1.82, 2.24) is 5.16 Å². The molecule has 9 nitrogen and oxygen atoms in total. The first-order valence-corrected chi connectivity index (χ1v) is 13.4. The number of nitriles is 1. The van der Waals surface area contributed by atoms with Crippen molar-refractivity contribution >= 4 is 40.3 Å². The van der Waals surface area contributed by atoms with Crippen molar-refractivity contribution in [2.45, 2.75) is 26.7 Å². The van der Waals surface area contributed by atoms with Gasteiger partial charge in [0, 0.05) is 35.6 Å². The SMILES string of the molecule is Cc1noc(C)c1NC(=O)Nc1ccc(N2CCC(=C3c4ccccc4NC(=O)c4ccccc43)CC2)c(C#N)c1. The molecule has 3 aromatic carbocycles. The molecule has 1 fully saturated rings. The first-order valence-electron chi connectivity index (χ1n) is 13.4. The zero-order chi connectivity index (χ0) is 28.5.